The molecule has 1 fully saturated rings. The summed E-state index contributed by atoms with van der Waals surface area (Å²) in [6.45, 7) is 4.32. The van der Waals surface area contributed by atoms with Crippen molar-refractivity contribution < 1.29 is 4.84 Å². The maximum Gasteiger partial charge on any atom is 0.131 e. The second kappa shape index (κ2) is 3.91. The van der Waals surface area contributed by atoms with Crippen LogP contribution >= 0.6 is 0 Å². The minimum Gasteiger partial charge on any atom is -0.286 e. The van der Waals surface area contributed by atoms with Gasteiger partial charge >= 0.3 is 0 Å². The minimum absolute atomic E-state index is 0.179. The van der Waals surface area contributed by atoms with Crippen molar-refractivity contribution in [1.29, 1.82) is 0 Å². The predicted octanol–water partition coefficient (Wildman–Crippen LogP) is 0.709. The summed E-state index contributed by atoms with van der Waals surface area (Å²) in [5, 5.41) is 0. The Hall–Kier alpha value is -0.120. The molecule has 60 valence electrons. The smallest absolute Gasteiger partial charge is 0.131 e. The van der Waals surface area contributed by atoms with Crippen LogP contribution in [-0.4, -0.2) is 24.2 Å². The predicted molar refractivity (Wildman–Crippen MR) is 40.2 cm³/mol. The third-order valence-electron chi connectivity index (χ3n) is 2.12. The van der Waals surface area contributed by atoms with E-state index in [0.717, 1.165) is 19.5 Å². The fourth-order valence-electron chi connectivity index (χ4n) is 1.48. The van der Waals surface area contributed by atoms with Gasteiger partial charge < -0.3 is 0 Å². The Labute approximate surface area is 62.1 Å². The van der Waals surface area contributed by atoms with Gasteiger partial charge in [-0.2, -0.15) is 0 Å². The van der Waals surface area contributed by atoms with E-state index in [0.29, 0.717) is 0 Å². The molecule has 1 saturated heterocycles. The third-order valence-corrected chi connectivity index (χ3v) is 2.12. The summed E-state index contributed by atoms with van der Waals surface area (Å²) >= 11 is 0. The van der Waals surface area contributed by atoms with Crippen molar-refractivity contribution in [2.24, 2.45) is 5.90 Å². The number of nitrogens with zero attached hydrogens (tertiary/aromatic N) is 1. The molecule has 3 nitrogen and oxygen atoms in total. The number of hydrogen-bond acceptors (Lipinski definition) is 3. The quantitative estimate of drug-likeness (QED) is 0.580. The normalized spacial score (nSPS) is 28.8. The molecular formula is C7H16N2O. The molecule has 1 aliphatic rings. The lowest BCUT2D eigenvalue weighted by atomic mass is 10.1. The molecule has 0 aromatic heterocycles. The summed E-state index contributed by atoms with van der Waals surface area (Å²) in [7, 11) is 0. The van der Waals surface area contributed by atoms with Crippen molar-refractivity contribution in [2.45, 2.75) is 32.4 Å². The van der Waals surface area contributed by atoms with Crippen LogP contribution < -0.4 is 5.90 Å². The van der Waals surface area contributed by atoms with Crippen molar-refractivity contribution in [1.82, 2.24) is 4.90 Å². The molecule has 0 aromatic rings. The molecule has 0 aromatic carbocycles. The van der Waals surface area contributed by atoms with E-state index in [-0.39, 0.29) is 6.23 Å². The van der Waals surface area contributed by atoms with Gasteiger partial charge in [0.2, 0.25) is 0 Å². The maximum absolute atomic E-state index is 5.13. The maximum atomic E-state index is 5.13. The Kier molecular flexibility index (Phi) is 3.12. The van der Waals surface area contributed by atoms with Gasteiger partial charge in [0.25, 0.3) is 0 Å². The van der Waals surface area contributed by atoms with Gasteiger partial charge in [-0.3, -0.25) is 9.74 Å². The molecule has 1 aliphatic heterocycles. The van der Waals surface area contributed by atoms with Crippen LogP contribution in [0.3, 0.4) is 0 Å². The average molecular weight is 144 g/mol. The molecule has 0 amide bonds. The van der Waals surface area contributed by atoms with Gasteiger partial charge in [0, 0.05) is 6.54 Å². The highest BCUT2D eigenvalue weighted by atomic mass is 16.6. The number of likely N-dealkylation sites (tertiary alicyclic amines) is 1. The SMILES string of the molecule is CCN1CCCCC1ON. The molecular weight excluding hydrogens is 128 g/mol. The number of piperidine rings is 1. The Balaban J connectivity index is 2.34. The van der Waals surface area contributed by atoms with E-state index < -0.39 is 0 Å². The zero-order chi connectivity index (χ0) is 7.40. The van der Waals surface area contributed by atoms with Crippen LogP contribution in [0, 0.1) is 0 Å². The van der Waals surface area contributed by atoms with Gasteiger partial charge in [-0.15, -0.1) is 0 Å². The Bertz CT molecular complexity index is 85.6. The highest BCUT2D eigenvalue weighted by Gasteiger charge is 2.20. The minimum atomic E-state index is 0.179. The molecule has 0 aliphatic carbocycles. The van der Waals surface area contributed by atoms with E-state index in [2.05, 4.69) is 11.8 Å². The van der Waals surface area contributed by atoms with E-state index in [1.165, 1.54) is 12.8 Å². The van der Waals surface area contributed by atoms with Crippen LogP contribution in [-0.2, 0) is 4.84 Å². The largest absolute Gasteiger partial charge is 0.286 e. The lowest BCUT2D eigenvalue weighted by molar-refractivity contribution is -0.0795. The first-order chi connectivity index (χ1) is 4.88. The molecule has 3 heteroatoms. The molecule has 0 bridgehead atoms. The Morgan fingerprint density at radius 2 is 2.40 bits per heavy atom. The van der Waals surface area contributed by atoms with Crippen molar-refractivity contribution in [3.63, 3.8) is 0 Å². The van der Waals surface area contributed by atoms with Gasteiger partial charge in [0.15, 0.2) is 0 Å². The Morgan fingerprint density at radius 1 is 1.60 bits per heavy atom. The fourth-order valence-corrected chi connectivity index (χ4v) is 1.48. The molecule has 1 atom stereocenters. The second-order valence-corrected chi connectivity index (χ2v) is 2.72. The zero-order valence-corrected chi connectivity index (χ0v) is 6.55. The fraction of sp³-hybridized carbons (Fsp3) is 1.00. The Morgan fingerprint density at radius 3 is 2.90 bits per heavy atom. The van der Waals surface area contributed by atoms with Gasteiger partial charge in [-0.05, 0) is 25.8 Å². The van der Waals surface area contributed by atoms with Crippen LogP contribution in [0.1, 0.15) is 26.2 Å². The summed E-state index contributed by atoms with van der Waals surface area (Å²) in [6, 6.07) is 0. The van der Waals surface area contributed by atoms with Gasteiger partial charge in [0.05, 0.1) is 0 Å². The lowest BCUT2D eigenvalue weighted by Gasteiger charge is -2.32. The second-order valence-electron chi connectivity index (χ2n) is 2.72. The molecule has 0 radical (unpaired) electrons. The van der Waals surface area contributed by atoms with Gasteiger partial charge in [0.1, 0.15) is 6.23 Å². The first-order valence-corrected chi connectivity index (χ1v) is 3.98. The molecule has 1 rings (SSSR count). The van der Waals surface area contributed by atoms with Crippen molar-refractivity contribution in [3.8, 4) is 0 Å². The zero-order valence-electron chi connectivity index (χ0n) is 6.55. The van der Waals surface area contributed by atoms with Crippen LogP contribution in [0.15, 0.2) is 0 Å². The number of nitrogens with two attached hydrogens (primary N) is 1. The van der Waals surface area contributed by atoms with E-state index >= 15 is 0 Å². The summed E-state index contributed by atoms with van der Waals surface area (Å²) in [4.78, 5) is 7.09. The van der Waals surface area contributed by atoms with Crippen LogP contribution in [0.5, 0.6) is 0 Å². The summed E-state index contributed by atoms with van der Waals surface area (Å²) in [6.07, 6.45) is 3.80. The number of hydrogen-bond donors (Lipinski definition) is 1. The molecule has 2 N–H and O–H groups in total. The van der Waals surface area contributed by atoms with Crippen molar-refractivity contribution in [3.05, 3.63) is 0 Å². The first kappa shape index (κ1) is 7.98. The molecule has 10 heavy (non-hydrogen) atoms. The highest BCUT2D eigenvalue weighted by Crippen LogP contribution is 2.15. The molecule has 0 spiro atoms. The molecule has 0 saturated carbocycles. The topological polar surface area (TPSA) is 38.5 Å². The van der Waals surface area contributed by atoms with E-state index in [1.54, 1.807) is 0 Å². The van der Waals surface area contributed by atoms with Crippen molar-refractivity contribution >= 4 is 0 Å². The summed E-state index contributed by atoms with van der Waals surface area (Å²) in [5.74, 6) is 5.13. The monoisotopic (exact) mass is 144 g/mol. The van der Waals surface area contributed by atoms with Gasteiger partial charge in [-0.1, -0.05) is 6.92 Å². The standard InChI is InChI=1S/C7H16N2O/c1-2-9-6-4-3-5-7(9)10-8/h7H,2-6,8H2,1H3. The van der Waals surface area contributed by atoms with Crippen molar-refractivity contribution in [2.75, 3.05) is 13.1 Å². The molecule has 1 unspecified atom stereocenters. The van der Waals surface area contributed by atoms with E-state index in [4.69, 9.17) is 10.7 Å². The van der Waals surface area contributed by atoms with Crippen LogP contribution in [0.4, 0.5) is 0 Å². The van der Waals surface area contributed by atoms with Crippen LogP contribution in [0.2, 0.25) is 0 Å². The van der Waals surface area contributed by atoms with E-state index in [1.807, 2.05) is 0 Å². The summed E-state index contributed by atoms with van der Waals surface area (Å²) in [5.41, 5.74) is 0. The number of rotatable bonds is 2. The van der Waals surface area contributed by atoms with Crippen LogP contribution in [0.25, 0.3) is 0 Å². The average Bonchev–Trinajstić information content (AvgIpc) is 2.04. The van der Waals surface area contributed by atoms with Gasteiger partial charge in [-0.25, -0.2) is 5.90 Å². The summed E-state index contributed by atoms with van der Waals surface area (Å²) < 4.78 is 0. The third kappa shape index (κ3) is 1.68. The van der Waals surface area contributed by atoms with E-state index in [9.17, 15) is 0 Å². The molecule has 1 heterocycles. The highest BCUT2D eigenvalue weighted by molar-refractivity contribution is 4.67. The first-order valence-electron chi connectivity index (χ1n) is 3.98. The lowest BCUT2D eigenvalue weighted by Crippen LogP contribution is -2.42.